The number of aryl methyl sites for hydroxylation is 1. The Morgan fingerprint density at radius 2 is 1.80 bits per heavy atom. The van der Waals surface area contributed by atoms with Crippen molar-refractivity contribution in [1.82, 2.24) is 4.31 Å². The normalized spacial score (nSPS) is 12.7. The van der Waals surface area contributed by atoms with Crippen LogP contribution >= 0.6 is 11.6 Å². The first-order valence-corrected chi connectivity index (χ1v) is 8.46. The monoisotopic (exact) mass is 318 g/mol. The quantitative estimate of drug-likeness (QED) is 0.847. The minimum atomic E-state index is -3.57. The van der Waals surface area contributed by atoms with E-state index in [4.69, 9.17) is 17.3 Å². The van der Waals surface area contributed by atoms with E-state index in [9.17, 15) is 8.42 Å². The highest BCUT2D eigenvalue weighted by atomic mass is 35.5. The van der Waals surface area contributed by atoms with Crippen molar-refractivity contribution in [1.29, 1.82) is 0 Å². The first kappa shape index (κ1) is 17.3. The highest BCUT2D eigenvalue weighted by Gasteiger charge is 2.29. The van der Waals surface area contributed by atoms with Gasteiger partial charge in [-0.2, -0.15) is 4.31 Å². The zero-order valence-electron chi connectivity index (χ0n) is 12.6. The van der Waals surface area contributed by atoms with E-state index in [1.54, 1.807) is 13.0 Å². The van der Waals surface area contributed by atoms with Crippen LogP contribution in [0.5, 0.6) is 0 Å². The van der Waals surface area contributed by atoms with Gasteiger partial charge >= 0.3 is 0 Å². The third kappa shape index (κ3) is 3.65. The van der Waals surface area contributed by atoms with Crippen LogP contribution in [-0.4, -0.2) is 25.3 Å². The van der Waals surface area contributed by atoms with Crippen molar-refractivity contribution in [3.63, 3.8) is 0 Å². The van der Waals surface area contributed by atoms with E-state index in [0.717, 1.165) is 0 Å². The van der Waals surface area contributed by atoms with E-state index in [-0.39, 0.29) is 22.5 Å². The highest BCUT2D eigenvalue weighted by Crippen LogP contribution is 2.29. The van der Waals surface area contributed by atoms with Gasteiger partial charge in [-0.1, -0.05) is 25.4 Å². The van der Waals surface area contributed by atoms with Gasteiger partial charge in [0.25, 0.3) is 0 Å². The summed E-state index contributed by atoms with van der Waals surface area (Å²) in [6.45, 7) is 9.93. The first-order chi connectivity index (χ1) is 9.07. The number of anilines is 1. The van der Waals surface area contributed by atoms with Gasteiger partial charge in [-0.3, -0.25) is 0 Å². The van der Waals surface area contributed by atoms with Crippen molar-refractivity contribution >= 4 is 27.3 Å². The fourth-order valence-corrected chi connectivity index (χ4v) is 4.28. The van der Waals surface area contributed by atoms with Gasteiger partial charge in [0.2, 0.25) is 10.0 Å². The van der Waals surface area contributed by atoms with E-state index >= 15 is 0 Å². The molecule has 1 aromatic carbocycles. The van der Waals surface area contributed by atoms with Crippen LogP contribution in [0.15, 0.2) is 17.0 Å². The zero-order chi connectivity index (χ0) is 15.7. The Kier molecular flexibility index (Phi) is 5.46. The van der Waals surface area contributed by atoms with Crippen LogP contribution in [0.25, 0.3) is 0 Å². The summed E-state index contributed by atoms with van der Waals surface area (Å²) in [5.41, 5.74) is 6.64. The molecule has 4 nitrogen and oxygen atoms in total. The highest BCUT2D eigenvalue weighted by molar-refractivity contribution is 7.89. The number of hydrogen-bond acceptors (Lipinski definition) is 3. The number of hydrogen-bond donors (Lipinski definition) is 1. The summed E-state index contributed by atoms with van der Waals surface area (Å²) in [7, 11) is -3.57. The van der Waals surface area contributed by atoms with E-state index < -0.39 is 10.0 Å². The Morgan fingerprint density at radius 3 is 2.25 bits per heavy atom. The summed E-state index contributed by atoms with van der Waals surface area (Å²) in [6, 6.07) is 2.93. The standard InChI is InChI=1S/C14H23ClN2O2S/c1-9(2)8-17(10(3)4)20(18,19)14-7-13(16)12(15)6-11(14)5/h6-7,9-10H,8,16H2,1-5H3. The largest absolute Gasteiger partial charge is 0.397 e. The molecule has 0 spiro atoms. The average Bonchev–Trinajstić information content (AvgIpc) is 2.29. The molecule has 114 valence electrons. The van der Waals surface area contributed by atoms with Crippen LogP contribution in [0.1, 0.15) is 33.3 Å². The van der Waals surface area contributed by atoms with Gasteiger partial charge in [-0.05, 0) is 44.4 Å². The second-order valence-corrected chi connectivity index (χ2v) is 7.97. The molecule has 0 aliphatic heterocycles. The van der Waals surface area contributed by atoms with Crippen LogP contribution < -0.4 is 5.73 Å². The summed E-state index contributed by atoms with van der Waals surface area (Å²) < 4.78 is 27.1. The van der Waals surface area contributed by atoms with Gasteiger partial charge in [0.1, 0.15) is 0 Å². The fourth-order valence-electron chi connectivity index (χ4n) is 2.02. The van der Waals surface area contributed by atoms with Crippen molar-refractivity contribution in [2.24, 2.45) is 5.92 Å². The molecule has 0 heterocycles. The molecule has 20 heavy (non-hydrogen) atoms. The molecule has 2 N–H and O–H groups in total. The predicted octanol–water partition coefficient (Wildman–Crippen LogP) is 3.29. The van der Waals surface area contributed by atoms with Gasteiger partial charge in [0, 0.05) is 12.6 Å². The predicted molar refractivity (Wildman–Crippen MR) is 84.5 cm³/mol. The van der Waals surface area contributed by atoms with Crippen LogP contribution in [0.3, 0.4) is 0 Å². The molecule has 0 aliphatic rings. The van der Waals surface area contributed by atoms with Crippen LogP contribution in [-0.2, 0) is 10.0 Å². The Balaban J connectivity index is 3.37. The smallest absolute Gasteiger partial charge is 0.243 e. The maximum atomic E-state index is 12.8. The lowest BCUT2D eigenvalue weighted by molar-refractivity contribution is 0.319. The van der Waals surface area contributed by atoms with Crippen molar-refractivity contribution in [2.75, 3.05) is 12.3 Å². The number of nitrogen functional groups attached to an aromatic ring is 1. The number of sulfonamides is 1. The molecule has 0 saturated carbocycles. The van der Waals surface area contributed by atoms with Crippen molar-refractivity contribution < 1.29 is 8.42 Å². The average molecular weight is 319 g/mol. The lowest BCUT2D eigenvalue weighted by atomic mass is 10.2. The Labute approximate surface area is 127 Å². The van der Waals surface area contributed by atoms with Crippen LogP contribution in [0.2, 0.25) is 5.02 Å². The maximum Gasteiger partial charge on any atom is 0.243 e. The van der Waals surface area contributed by atoms with Gasteiger partial charge in [-0.15, -0.1) is 0 Å². The van der Waals surface area contributed by atoms with Gasteiger partial charge in [0.05, 0.1) is 15.6 Å². The van der Waals surface area contributed by atoms with Gasteiger partial charge in [0.15, 0.2) is 0 Å². The summed E-state index contributed by atoms with van der Waals surface area (Å²) >= 11 is 5.93. The van der Waals surface area contributed by atoms with E-state index in [1.165, 1.54) is 10.4 Å². The van der Waals surface area contributed by atoms with E-state index in [0.29, 0.717) is 17.1 Å². The second kappa shape index (κ2) is 6.33. The molecule has 0 atom stereocenters. The van der Waals surface area contributed by atoms with Crippen molar-refractivity contribution in [3.8, 4) is 0 Å². The van der Waals surface area contributed by atoms with Crippen molar-refractivity contribution in [2.45, 2.75) is 45.6 Å². The zero-order valence-corrected chi connectivity index (χ0v) is 14.2. The molecule has 0 radical (unpaired) electrons. The molecular formula is C14H23ClN2O2S. The lowest BCUT2D eigenvalue weighted by Gasteiger charge is -2.28. The van der Waals surface area contributed by atoms with Gasteiger partial charge < -0.3 is 5.73 Å². The van der Waals surface area contributed by atoms with Gasteiger partial charge in [-0.25, -0.2) is 8.42 Å². The molecule has 1 rings (SSSR count). The SMILES string of the molecule is Cc1cc(Cl)c(N)cc1S(=O)(=O)N(CC(C)C)C(C)C. The summed E-state index contributed by atoms with van der Waals surface area (Å²) in [5, 5.41) is 0.376. The van der Waals surface area contributed by atoms with Crippen LogP contribution in [0, 0.1) is 12.8 Å². The van der Waals surface area contributed by atoms with E-state index in [2.05, 4.69) is 0 Å². The molecule has 0 unspecified atom stereocenters. The Bertz CT molecular complexity index is 583. The van der Waals surface area contributed by atoms with E-state index in [1.807, 2.05) is 27.7 Å². The molecule has 0 bridgehead atoms. The minimum absolute atomic E-state index is 0.112. The third-order valence-electron chi connectivity index (χ3n) is 3.00. The molecule has 0 aromatic heterocycles. The maximum absolute atomic E-state index is 12.8. The topological polar surface area (TPSA) is 63.4 Å². The summed E-state index contributed by atoms with van der Waals surface area (Å²) in [4.78, 5) is 0.230. The number of rotatable bonds is 5. The molecule has 6 heteroatoms. The molecule has 0 aliphatic carbocycles. The number of nitrogens with zero attached hydrogens (tertiary/aromatic N) is 1. The summed E-state index contributed by atoms with van der Waals surface area (Å²) in [6.07, 6.45) is 0. The fraction of sp³-hybridized carbons (Fsp3) is 0.571. The molecular weight excluding hydrogens is 296 g/mol. The number of benzene rings is 1. The lowest BCUT2D eigenvalue weighted by Crippen LogP contribution is -2.39. The molecule has 1 aromatic rings. The number of nitrogens with two attached hydrogens (primary N) is 1. The molecule has 0 fully saturated rings. The third-order valence-corrected chi connectivity index (χ3v) is 5.51. The summed E-state index contributed by atoms with van der Waals surface area (Å²) in [5.74, 6) is 0.247. The molecule has 0 amide bonds. The Morgan fingerprint density at radius 1 is 1.25 bits per heavy atom. The van der Waals surface area contributed by atoms with Crippen LogP contribution in [0.4, 0.5) is 5.69 Å². The molecule has 0 saturated heterocycles. The number of halogens is 1. The first-order valence-electron chi connectivity index (χ1n) is 6.64. The van der Waals surface area contributed by atoms with Crippen molar-refractivity contribution in [3.05, 3.63) is 22.7 Å². The minimum Gasteiger partial charge on any atom is -0.397 e. The second-order valence-electron chi connectivity index (χ2n) is 5.70. The Hall–Kier alpha value is -0.780.